The van der Waals surface area contributed by atoms with Crippen molar-refractivity contribution in [1.29, 1.82) is 0 Å². The molecule has 2 aromatic rings. The molecule has 3 N–H and O–H groups in total. The standard InChI is InChI=1S/C18H19N3O4S/c1-12-7-8-13(10-16(12)26(19,24)25)18(23)20-14-4-2-5-15(11-14)21-9-3-6-17(21)22/h2,4-5,7-8,10-11H,3,6,9H2,1H3,(H,20,23)(H2,19,24,25). The Morgan fingerprint density at radius 2 is 1.96 bits per heavy atom. The van der Waals surface area contributed by atoms with Crippen molar-refractivity contribution in [2.45, 2.75) is 24.7 Å². The van der Waals surface area contributed by atoms with Crippen LogP contribution in [0.4, 0.5) is 11.4 Å². The average molecular weight is 373 g/mol. The first-order valence-corrected chi connectivity index (χ1v) is 9.65. The van der Waals surface area contributed by atoms with E-state index in [1.165, 1.54) is 18.2 Å². The number of primary sulfonamides is 1. The van der Waals surface area contributed by atoms with E-state index >= 15 is 0 Å². The maximum absolute atomic E-state index is 12.5. The number of nitrogens with zero attached hydrogens (tertiary/aromatic N) is 1. The lowest BCUT2D eigenvalue weighted by Gasteiger charge is -2.17. The van der Waals surface area contributed by atoms with Gasteiger partial charge in [0.05, 0.1) is 4.90 Å². The number of sulfonamides is 1. The number of benzene rings is 2. The molecule has 0 radical (unpaired) electrons. The highest BCUT2D eigenvalue weighted by Crippen LogP contribution is 2.25. The van der Waals surface area contributed by atoms with Gasteiger partial charge in [-0.05, 0) is 49.2 Å². The molecule has 136 valence electrons. The van der Waals surface area contributed by atoms with Crippen LogP contribution in [-0.4, -0.2) is 26.8 Å². The molecule has 0 bridgehead atoms. The van der Waals surface area contributed by atoms with Gasteiger partial charge in [-0.3, -0.25) is 9.59 Å². The molecule has 3 rings (SSSR count). The molecule has 1 fully saturated rings. The first kappa shape index (κ1) is 18.1. The summed E-state index contributed by atoms with van der Waals surface area (Å²) < 4.78 is 23.2. The van der Waals surface area contributed by atoms with Gasteiger partial charge in [-0.15, -0.1) is 0 Å². The molecule has 0 aromatic heterocycles. The fourth-order valence-corrected chi connectivity index (χ4v) is 3.73. The summed E-state index contributed by atoms with van der Waals surface area (Å²) in [6, 6.07) is 11.3. The van der Waals surface area contributed by atoms with E-state index in [2.05, 4.69) is 5.32 Å². The highest BCUT2D eigenvalue weighted by Gasteiger charge is 2.22. The van der Waals surface area contributed by atoms with Crippen molar-refractivity contribution in [1.82, 2.24) is 0 Å². The molecular formula is C18H19N3O4S. The van der Waals surface area contributed by atoms with Gasteiger partial charge in [0.25, 0.3) is 5.91 Å². The second-order valence-corrected chi connectivity index (χ2v) is 7.71. The van der Waals surface area contributed by atoms with Gasteiger partial charge in [0.15, 0.2) is 0 Å². The van der Waals surface area contributed by atoms with Gasteiger partial charge in [0.1, 0.15) is 0 Å². The summed E-state index contributed by atoms with van der Waals surface area (Å²) in [5.74, 6) is -0.399. The Labute approximate surface area is 151 Å². The molecule has 1 aliphatic heterocycles. The minimum atomic E-state index is -3.91. The summed E-state index contributed by atoms with van der Waals surface area (Å²) in [7, 11) is -3.91. The van der Waals surface area contributed by atoms with Crippen molar-refractivity contribution in [2.24, 2.45) is 5.14 Å². The molecule has 8 heteroatoms. The molecule has 0 saturated carbocycles. The largest absolute Gasteiger partial charge is 0.322 e. The summed E-state index contributed by atoms with van der Waals surface area (Å²) in [5, 5.41) is 7.91. The molecule has 7 nitrogen and oxygen atoms in total. The highest BCUT2D eigenvalue weighted by molar-refractivity contribution is 7.89. The maximum atomic E-state index is 12.5. The number of nitrogens with one attached hydrogen (secondary N) is 1. The Bertz CT molecular complexity index is 986. The Hall–Kier alpha value is -2.71. The fraction of sp³-hybridized carbons (Fsp3) is 0.222. The van der Waals surface area contributed by atoms with Gasteiger partial charge in [0.2, 0.25) is 15.9 Å². The van der Waals surface area contributed by atoms with Crippen molar-refractivity contribution in [3.8, 4) is 0 Å². The molecule has 0 unspecified atom stereocenters. The number of rotatable bonds is 4. The van der Waals surface area contributed by atoms with Crippen LogP contribution in [0.3, 0.4) is 0 Å². The first-order valence-electron chi connectivity index (χ1n) is 8.11. The number of nitrogens with two attached hydrogens (primary N) is 1. The van der Waals surface area contributed by atoms with Crippen LogP contribution in [0.2, 0.25) is 0 Å². The van der Waals surface area contributed by atoms with E-state index < -0.39 is 15.9 Å². The topological polar surface area (TPSA) is 110 Å². The third-order valence-electron chi connectivity index (χ3n) is 4.25. The number of anilines is 2. The van der Waals surface area contributed by atoms with Crippen LogP contribution < -0.4 is 15.4 Å². The minimum absolute atomic E-state index is 0.0600. The van der Waals surface area contributed by atoms with Crippen molar-refractivity contribution >= 4 is 33.2 Å². The normalized spacial score (nSPS) is 14.5. The van der Waals surface area contributed by atoms with E-state index in [4.69, 9.17) is 5.14 Å². The smallest absolute Gasteiger partial charge is 0.255 e. The molecule has 26 heavy (non-hydrogen) atoms. The van der Waals surface area contributed by atoms with Gasteiger partial charge < -0.3 is 10.2 Å². The molecule has 1 heterocycles. The summed E-state index contributed by atoms with van der Waals surface area (Å²) >= 11 is 0. The summed E-state index contributed by atoms with van der Waals surface area (Å²) in [5.41, 5.74) is 1.89. The zero-order chi connectivity index (χ0) is 18.9. The summed E-state index contributed by atoms with van der Waals surface area (Å²) in [4.78, 5) is 25.9. The number of hydrogen-bond acceptors (Lipinski definition) is 4. The van der Waals surface area contributed by atoms with Gasteiger partial charge in [0, 0.05) is 29.9 Å². The summed E-state index contributed by atoms with van der Waals surface area (Å²) in [6.07, 6.45) is 1.34. The monoisotopic (exact) mass is 373 g/mol. The van der Waals surface area contributed by atoms with Crippen LogP contribution in [0.15, 0.2) is 47.4 Å². The third-order valence-corrected chi connectivity index (χ3v) is 5.30. The number of hydrogen-bond donors (Lipinski definition) is 2. The Morgan fingerprint density at radius 1 is 1.19 bits per heavy atom. The van der Waals surface area contributed by atoms with Crippen LogP contribution >= 0.6 is 0 Å². The van der Waals surface area contributed by atoms with Crippen molar-refractivity contribution in [2.75, 3.05) is 16.8 Å². The Morgan fingerprint density at radius 3 is 2.62 bits per heavy atom. The number of carbonyl (C=O) groups is 2. The number of amides is 2. The number of aryl methyl sites for hydroxylation is 1. The van der Waals surface area contributed by atoms with Crippen molar-refractivity contribution in [3.05, 3.63) is 53.6 Å². The van der Waals surface area contributed by atoms with E-state index in [-0.39, 0.29) is 16.4 Å². The van der Waals surface area contributed by atoms with Crippen molar-refractivity contribution in [3.63, 3.8) is 0 Å². The minimum Gasteiger partial charge on any atom is -0.322 e. The molecule has 2 aromatic carbocycles. The van der Waals surface area contributed by atoms with Crippen LogP contribution in [0.1, 0.15) is 28.8 Å². The van der Waals surface area contributed by atoms with E-state index in [1.54, 1.807) is 30.0 Å². The number of carbonyl (C=O) groups excluding carboxylic acids is 2. The molecule has 0 aliphatic carbocycles. The Kier molecular flexibility index (Phi) is 4.80. The van der Waals surface area contributed by atoms with Gasteiger partial charge in [-0.1, -0.05) is 12.1 Å². The summed E-state index contributed by atoms with van der Waals surface area (Å²) in [6.45, 7) is 2.27. The van der Waals surface area contributed by atoms with Crippen molar-refractivity contribution < 1.29 is 18.0 Å². The molecule has 0 spiro atoms. The molecular weight excluding hydrogens is 354 g/mol. The lowest BCUT2D eigenvalue weighted by atomic mass is 10.1. The second kappa shape index (κ2) is 6.89. The van der Waals surface area contributed by atoms with E-state index in [0.717, 1.165) is 12.1 Å². The van der Waals surface area contributed by atoms with Gasteiger partial charge >= 0.3 is 0 Å². The quantitative estimate of drug-likeness (QED) is 0.854. The zero-order valence-corrected chi connectivity index (χ0v) is 15.0. The van der Waals surface area contributed by atoms with Gasteiger partial charge in [-0.2, -0.15) is 0 Å². The Balaban J connectivity index is 1.84. The first-order chi connectivity index (χ1) is 12.3. The fourth-order valence-electron chi connectivity index (χ4n) is 2.92. The maximum Gasteiger partial charge on any atom is 0.255 e. The predicted molar refractivity (Wildman–Crippen MR) is 98.5 cm³/mol. The average Bonchev–Trinajstić information content (AvgIpc) is 3.00. The highest BCUT2D eigenvalue weighted by atomic mass is 32.2. The van der Waals surface area contributed by atoms with Crippen LogP contribution in [0.25, 0.3) is 0 Å². The zero-order valence-electron chi connectivity index (χ0n) is 14.2. The predicted octanol–water partition coefficient (Wildman–Crippen LogP) is 2.02. The second-order valence-electron chi connectivity index (χ2n) is 6.18. The van der Waals surface area contributed by atoms with E-state index in [0.29, 0.717) is 24.2 Å². The lowest BCUT2D eigenvalue weighted by Crippen LogP contribution is -2.23. The van der Waals surface area contributed by atoms with E-state index in [1.807, 2.05) is 6.07 Å². The van der Waals surface area contributed by atoms with Gasteiger partial charge in [-0.25, -0.2) is 13.6 Å². The third kappa shape index (κ3) is 3.76. The van der Waals surface area contributed by atoms with Crippen LogP contribution in [-0.2, 0) is 14.8 Å². The van der Waals surface area contributed by atoms with Crippen LogP contribution in [0, 0.1) is 6.92 Å². The molecule has 0 atom stereocenters. The molecule has 2 amide bonds. The van der Waals surface area contributed by atoms with Crippen LogP contribution in [0.5, 0.6) is 0 Å². The van der Waals surface area contributed by atoms with E-state index in [9.17, 15) is 18.0 Å². The SMILES string of the molecule is Cc1ccc(C(=O)Nc2cccc(N3CCCC3=O)c2)cc1S(N)(=O)=O. The lowest BCUT2D eigenvalue weighted by molar-refractivity contribution is -0.117. The molecule has 1 aliphatic rings. The molecule has 1 saturated heterocycles.